The van der Waals surface area contributed by atoms with Gasteiger partial charge in [-0.2, -0.15) is 0 Å². The van der Waals surface area contributed by atoms with Crippen molar-refractivity contribution in [2.75, 3.05) is 19.8 Å². The number of halogens is 1. The Morgan fingerprint density at radius 1 is 1.45 bits per heavy atom. The highest BCUT2D eigenvalue weighted by Gasteiger charge is 2.12. The van der Waals surface area contributed by atoms with Crippen LogP contribution in [-0.2, 0) is 9.53 Å². The van der Waals surface area contributed by atoms with Crippen molar-refractivity contribution in [2.45, 2.75) is 13.0 Å². The molecule has 0 aromatic heterocycles. The van der Waals surface area contributed by atoms with Crippen LogP contribution >= 0.6 is 12.2 Å². The zero-order chi connectivity index (χ0) is 15.0. The SMILES string of the molecule is CCOC(=O)CNC(=S)N[C@H](CO)c1ccc(F)cc1. The summed E-state index contributed by atoms with van der Waals surface area (Å²) in [6.07, 6.45) is 0. The van der Waals surface area contributed by atoms with Crippen LogP contribution in [0, 0.1) is 5.82 Å². The molecule has 5 nitrogen and oxygen atoms in total. The topological polar surface area (TPSA) is 70.6 Å². The lowest BCUT2D eigenvalue weighted by Gasteiger charge is -2.19. The maximum atomic E-state index is 12.8. The molecular weight excluding hydrogens is 283 g/mol. The lowest BCUT2D eigenvalue weighted by molar-refractivity contribution is -0.141. The van der Waals surface area contributed by atoms with Crippen molar-refractivity contribution in [1.82, 2.24) is 10.6 Å². The molecule has 3 N–H and O–H groups in total. The second-order valence-corrected chi connectivity index (χ2v) is 4.33. The van der Waals surface area contributed by atoms with E-state index in [1.807, 2.05) is 0 Å². The lowest BCUT2D eigenvalue weighted by atomic mass is 10.1. The zero-order valence-corrected chi connectivity index (χ0v) is 11.9. The van der Waals surface area contributed by atoms with Gasteiger partial charge in [-0.1, -0.05) is 12.1 Å². The summed E-state index contributed by atoms with van der Waals surface area (Å²) in [5, 5.41) is 15.0. The van der Waals surface area contributed by atoms with Crippen LogP contribution < -0.4 is 10.6 Å². The van der Waals surface area contributed by atoms with Gasteiger partial charge in [-0.25, -0.2) is 4.39 Å². The van der Waals surface area contributed by atoms with E-state index in [0.717, 1.165) is 0 Å². The van der Waals surface area contributed by atoms with Crippen molar-refractivity contribution < 1.29 is 19.0 Å². The van der Waals surface area contributed by atoms with E-state index in [9.17, 15) is 14.3 Å². The lowest BCUT2D eigenvalue weighted by Crippen LogP contribution is -2.41. The first kappa shape index (κ1) is 16.3. The van der Waals surface area contributed by atoms with Gasteiger partial charge < -0.3 is 20.5 Å². The molecule has 0 saturated carbocycles. The van der Waals surface area contributed by atoms with Gasteiger partial charge in [0.25, 0.3) is 0 Å². The molecule has 1 rings (SSSR count). The highest BCUT2D eigenvalue weighted by molar-refractivity contribution is 7.80. The van der Waals surface area contributed by atoms with Gasteiger partial charge in [-0.15, -0.1) is 0 Å². The Labute approximate surface area is 122 Å². The quantitative estimate of drug-likeness (QED) is 0.535. The molecule has 0 radical (unpaired) electrons. The largest absolute Gasteiger partial charge is 0.465 e. The van der Waals surface area contributed by atoms with E-state index in [-0.39, 0.29) is 24.1 Å². The molecular formula is C13H17FN2O3S. The molecule has 0 heterocycles. The molecule has 0 saturated heterocycles. The molecule has 7 heteroatoms. The van der Waals surface area contributed by atoms with Gasteiger partial charge in [-0.3, -0.25) is 4.79 Å². The van der Waals surface area contributed by atoms with E-state index >= 15 is 0 Å². The van der Waals surface area contributed by atoms with E-state index in [1.54, 1.807) is 19.1 Å². The highest BCUT2D eigenvalue weighted by Crippen LogP contribution is 2.12. The molecule has 0 aliphatic heterocycles. The standard InChI is InChI=1S/C13H17FN2O3S/c1-2-19-12(18)7-15-13(20)16-11(8-17)9-3-5-10(14)6-4-9/h3-6,11,17H,2,7-8H2,1H3,(H2,15,16,20)/t11-/m1/s1. The third-order valence-corrected chi connectivity index (χ3v) is 2.72. The fraction of sp³-hybridized carbons (Fsp3) is 0.385. The summed E-state index contributed by atoms with van der Waals surface area (Å²) in [7, 11) is 0. The molecule has 110 valence electrons. The van der Waals surface area contributed by atoms with E-state index in [2.05, 4.69) is 10.6 Å². The van der Waals surface area contributed by atoms with E-state index in [1.165, 1.54) is 12.1 Å². The van der Waals surface area contributed by atoms with E-state index < -0.39 is 12.0 Å². The fourth-order valence-corrected chi connectivity index (χ4v) is 1.72. The average Bonchev–Trinajstić information content (AvgIpc) is 2.44. The summed E-state index contributed by atoms with van der Waals surface area (Å²) in [6, 6.07) is 5.23. The van der Waals surface area contributed by atoms with Crippen LogP contribution in [0.1, 0.15) is 18.5 Å². The maximum absolute atomic E-state index is 12.8. The van der Waals surface area contributed by atoms with Crippen molar-refractivity contribution in [1.29, 1.82) is 0 Å². The number of aliphatic hydroxyl groups is 1. The second kappa shape index (κ2) is 8.44. The Morgan fingerprint density at radius 2 is 2.10 bits per heavy atom. The first-order valence-corrected chi connectivity index (χ1v) is 6.54. The number of thiocarbonyl (C=S) groups is 1. The number of nitrogens with one attached hydrogen (secondary N) is 2. The van der Waals surface area contributed by atoms with Crippen molar-refractivity contribution >= 4 is 23.3 Å². The molecule has 1 aromatic carbocycles. The van der Waals surface area contributed by atoms with Crippen LogP contribution in [0.3, 0.4) is 0 Å². The van der Waals surface area contributed by atoms with Gasteiger partial charge in [-0.05, 0) is 36.8 Å². The van der Waals surface area contributed by atoms with Crippen molar-refractivity contribution in [3.05, 3.63) is 35.6 Å². The molecule has 1 aromatic rings. The van der Waals surface area contributed by atoms with Crippen LogP contribution in [0.4, 0.5) is 4.39 Å². The number of rotatable bonds is 6. The minimum absolute atomic E-state index is 0.0543. The molecule has 0 unspecified atom stereocenters. The van der Waals surface area contributed by atoms with Crippen LogP contribution in [0.5, 0.6) is 0 Å². The van der Waals surface area contributed by atoms with Crippen LogP contribution in [-0.4, -0.2) is 35.9 Å². The summed E-state index contributed by atoms with van der Waals surface area (Å²) >= 11 is 5.01. The monoisotopic (exact) mass is 300 g/mol. The smallest absolute Gasteiger partial charge is 0.325 e. The summed E-state index contributed by atoms with van der Waals surface area (Å²) in [5.41, 5.74) is 0.689. The van der Waals surface area contributed by atoms with E-state index in [4.69, 9.17) is 17.0 Å². The molecule has 0 fully saturated rings. The Kier molecular flexibility index (Phi) is 6.89. The molecule has 0 bridgehead atoms. The minimum Gasteiger partial charge on any atom is -0.465 e. The Balaban J connectivity index is 2.49. The number of hydrogen-bond donors (Lipinski definition) is 3. The fourth-order valence-electron chi connectivity index (χ4n) is 1.50. The molecule has 0 spiro atoms. The van der Waals surface area contributed by atoms with Gasteiger partial charge in [0, 0.05) is 0 Å². The number of carbonyl (C=O) groups is 1. The van der Waals surface area contributed by atoms with Crippen LogP contribution in [0.25, 0.3) is 0 Å². The minimum atomic E-state index is -0.474. The number of aliphatic hydroxyl groups excluding tert-OH is 1. The average molecular weight is 300 g/mol. The summed E-state index contributed by atoms with van der Waals surface area (Å²) in [4.78, 5) is 11.1. The number of esters is 1. The molecule has 0 amide bonds. The van der Waals surface area contributed by atoms with Gasteiger partial charge in [0.05, 0.1) is 19.3 Å². The molecule has 20 heavy (non-hydrogen) atoms. The highest BCUT2D eigenvalue weighted by atomic mass is 32.1. The first-order chi connectivity index (χ1) is 9.56. The predicted molar refractivity (Wildman–Crippen MR) is 76.6 cm³/mol. The Bertz CT molecular complexity index is 453. The van der Waals surface area contributed by atoms with Crippen molar-refractivity contribution in [3.63, 3.8) is 0 Å². The summed E-state index contributed by atoms with van der Waals surface area (Å²) in [5.74, 6) is -0.771. The van der Waals surface area contributed by atoms with Crippen molar-refractivity contribution in [2.24, 2.45) is 0 Å². The first-order valence-electron chi connectivity index (χ1n) is 6.13. The van der Waals surface area contributed by atoms with Gasteiger partial charge in [0.1, 0.15) is 12.4 Å². The zero-order valence-electron chi connectivity index (χ0n) is 11.1. The van der Waals surface area contributed by atoms with Gasteiger partial charge in [0.2, 0.25) is 0 Å². The number of carbonyl (C=O) groups excluding carboxylic acids is 1. The van der Waals surface area contributed by atoms with Crippen LogP contribution in [0.2, 0.25) is 0 Å². The third-order valence-electron chi connectivity index (χ3n) is 2.46. The Morgan fingerprint density at radius 3 is 2.65 bits per heavy atom. The Hall–Kier alpha value is -1.73. The normalized spacial score (nSPS) is 11.6. The molecule has 0 aliphatic carbocycles. The number of hydrogen-bond acceptors (Lipinski definition) is 4. The molecule has 0 aliphatic rings. The number of ether oxygens (including phenoxy) is 1. The third kappa shape index (κ3) is 5.50. The maximum Gasteiger partial charge on any atom is 0.325 e. The predicted octanol–water partition coefficient (Wildman–Crippen LogP) is 0.886. The molecule has 1 atom stereocenters. The summed E-state index contributed by atoms with van der Waals surface area (Å²) in [6.45, 7) is 1.74. The number of benzene rings is 1. The second-order valence-electron chi connectivity index (χ2n) is 3.92. The van der Waals surface area contributed by atoms with E-state index in [0.29, 0.717) is 12.2 Å². The van der Waals surface area contributed by atoms with Gasteiger partial charge >= 0.3 is 5.97 Å². The van der Waals surface area contributed by atoms with Crippen molar-refractivity contribution in [3.8, 4) is 0 Å². The van der Waals surface area contributed by atoms with Gasteiger partial charge in [0.15, 0.2) is 5.11 Å². The van der Waals surface area contributed by atoms with Crippen LogP contribution in [0.15, 0.2) is 24.3 Å². The summed E-state index contributed by atoms with van der Waals surface area (Å²) < 4.78 is 17.6.